The van der Waals surface area contributed by atoms with Crippen LogP contribution in [0.3, 0.4) is 0 Å². The summed E-state index contributed by atoms with van der Waals surface area (Å²) in [5.41, 5.74) is 1.08. The predicted molar refractivity (Wildman–Crippen MR) is 83.3 cm³/mol. The molecule has 3 heterocycles. The van der Waals surface area contributed by atoms with E-state index in [2.05, 4.69) is 41.6 Å². The van der Waals surface area contributed by atoms with Crippen LogP contribution < -0.4 is 0 Å². The Balaban J connectivity index is 1.65. The van der Waals surface area contributed by atoms with Gasteiger partial charge in [-0.05, 0) is 55.2 Å². The standard InChI is InChI=1S/C13H17N9S/c1-20(2)5-6-21-13(17-18-19-21)23-11-7-10(9-3-4-9)16-12-14-8-15-22(11)12/h7-9H,3-6H2,1-2H3. The van der Waals surface area contributed by atoms with Crippen LogP contribution in [0.2, 0.25) is 0 Å². The predicted octanol–water partition coefficient (Wildman–Crippen LogP) is 0.701. The van der Waals surface area contributed by atoms with Gasteiger partial charge in [-0.3, -0.25) is 0 Å². The molecular weight excluding hydrogens is 314 g/mol. The SMILES string of the molecule is CN(C)CCn1nnnc1Sc1cc(C2CC2)nc2ncnn12. The molecule has 10 heteroatoms. The summed E-state index contributed by atoms with van der Waals surface area (Å²) in [5, 5.41) is 17.9. The molecule has 0 aliphatic heterocycles. The third kappa shape index (κ3) is 3.04. The summed E-state index contributed by atoms with van der Waals surface area (Å²) in [7, 11) is 4.06. The topological polar surface area (TPSA) is 89.9 Å². The summed E-state index contributed by atoms with van der Waals surface area (Å²) >= 11 is 1.49. The van der Waals surface area contributed by atoms with Gasteiger partial charge in [0, 0.05) is 12.5 Å². The molecule has 0 N–H and O–H groups in total. The van der Waals surface area contributed by atoms with Gasteiger partial charge >= 0.3 is 0 Å². The molecule has 0 aromatic carbocycles. The first kappa shape index (κ1) is 14.5. The van der Waals surface area contributed by atoms with E-state index in [9.17, 15) is 0 Å². The van der Waals surface area contributed by atoms with E-state index in [1.807, 2.05) is 18.8 Å². The van der Waals surface area contributed by atoms with Gasteiger partial charge in [0.05, 0.1) is 12.2 Å². The first-order valence-corrected chi connectivity index (χ1v) is 8.32. The molecule has 3 aromatic rings. The molecule has 1 aliphatic carbocycles. The highest BCUT2D eigenvalue weighted by Crippen LogP contribution is 2.40. The van der Waals surface area contributed by atoms with Crippen molar-refractivity contribution in [2.24, 2.45) is 0 Å². The van der Waals surface area contributed by atoms with Gasteiger partial charge in [0.1, 0.15) is 11.4 Å². The second kappa shape index (κ2) is 5.85. The second-order valence-electron chi connectivity index (χ2n) is 5.86. The molecular formula is C13H17N9S. The van der Waals surface area contributed by atoms with Crippen molar-refractivity contribution < 1.29 is 0 Å². The van der Waals surface area contributed by atoms with Crippen molar-refractivity contribution in [2.75, 3.05) is 20.6 Å². The Morgan fingerprint density at radius 3 is 3.00 bits per heavy atom. The van der Waals surface area contributed by atoms with Crippen molar-refractivity contribution in [1.29, 1.82) is 0 Å². The molecule has 3 aromatic heterocycles. The third-order valence-electron chi connectivity index (χ3n) is 3.69. The molecule has 0 amide bonds. The minimum Gasteiger partial charge on any atom is -0.308 e. The normalized spacial score (nSPS) is 14.9. The molecule has 23 heavy (non-hydrogen) atoms. The van der Waals surface area contributed by atoms with Crippen molar-refractivity contribution >= 4 is 17.5 Å². The highest BCUT2D eigenvalue weighted by atomic mass is 32.2. The molecule has 0 spiro atoms. The van der Waals surface area contributed by atoms with Crippen LogP contribution in [0.15, 0.2) is 22.6 Å². The van der Waals surface area contributed by atoms with E-state index in [0.717, 1.165) is 29.0 Å². The van der Waals surface area contributed by atoms with Gasteiger partial charge in [-0.1, -0.05) is 0 Å². The van der Waals surface area contributed by atoms with Crippen molar-refractivity contribution in [1.82, 2.24) is 44.7 Å². The average molecular weight is 331 g/mol. The Morgan fingerprint density at radius 1 is 1.35 bits per heavy atom. The number of rotatable bonds is 6. The van der Waals surface area contributed by atoms with Gasteiger partial charge in [-0.25, -0.2) is 9.67 Å². The van der Waals surface area contributed by atoms with Crippen LogP contribution in [0.5, 0.6) is 0 Å². The number of hydrogen-bond donors (Lipinski definition) is 0. The zero-order valence-electron chi connectivity index (χ0n) is 13.0. The quantitative estimate of drug-likeness (QED) is 0.610. The molecule has 0 atom stereocenters. The minimum atomic E-state index is 0.556. The Hall–Kier alpha value is -2.07. The van der Waals surface area contributed by atoms with E-state index >= 15 is 0 Å². The van der Waals surface area contributed by atoms with E-state index in [-0.39, 0.29) is 0 Å². The summed E-state index contributed by atoms with van der Waals surface area (Å²) in [6.45, 7) is 1.62. The first-order valence-electron chi connectivity index (χ1n) is 7.50. The maximum Gasteiger partial charge on any atom is 0.253 e. The highest BCUT2D eigenvalue weighted by Gasteiger charge is 2.27. The smallest absolute Gasteiger partial charge is 0.253 e. The fourth-order valence-corrected chi connectivity index (χ4v) is 3.15. The summed E-state index contributed by atoms with van der Waals surface area (Å²) in [4.78, 5) is 10.9. The van der Waals surface area contributed by atoms with E-state index < -0.39 is 0 Å². The molecule has 9 nitrogen and oxygen atoms in total. The lowest BCUT2D eigenvalue weighted by Gasteiger charge is -2.10. The van der Waals surface area contributed by atoms with Gasteiger partial charge in [0.25, 0.3) is 5.78 Å². The number of nitrogens with zero attached hydrogens (tertiary/aromatic N) is 9. The number of likely N-dealkylation sites (N-methyl/N-ethyl adjacent to an activating group) is 1. The van der Waals surface area contributed by atoms with Gasteiger partial charge in [0.15, 0.2) is 0 Å². The van der Waals surface area contributed by atoms with Crippen LogP contribution >= 0.6 is 11.8 Å². The summed E-state index contributed by atoms with van der Waals surface area (Å²) in [6.07, 6.45) is 3.92. The number of fused-ring (bicyclic) bond motifs is 1. The maximum atomic E-state index is 4.58. The zero-order chi connectivity index (χ0) is 15.8. The lowest BCUT2D eigenvalue weighted by atomic mass is 10.3. The molecule has 1 aliphatic rings. The minimum absolute atomic E-state index is 0.556. The van der Waals surface area contributed by atoms with E-state index in [1.165, 1.54) is 30.9 Å². The van der Waals surface area contributed by atoms with E-state index in [4.69, 9.17) is 0 Å². The third-order valence-corrected chi connectivity index (χ3v) is 4.66. The van der Waals surface area contributed by atoms with Gasteiger partial charge in [-0.2, -0.15) is 14.6 Å². The van der Waals surface area contributed by atoms with Crippen LogP contribution in [0.25, 0.3) is 5.78 Å². The monoisotopic (exact) mass is 331 g/mol. The molecule has 0 radical (unpaired) electrons. The Bertz CT molecular complexity index is 820. The lowest BCUT2D eigenvalue weighted by molar-refractivity contribution is 0.361. The Morgan fingerprint density at radius 2 is 2.22 bits per heavy atom. The summed E-state index contributed by atoms with van der Waals surface area (Å²) < 4.78 is 3.55. The van der Waals surface area contributed by atoms with E-state index in [0.29, 0.717) is 11.7 Å². The van der Waals surface area contributed by atoms with Crippen LogP contribution in [0.4, 0.5) is 0 Å². The van der Waals surface area contributed by atoms with E-state index in [1.54, 1.807) is 4.52 Å². The Kier molecular flexibility index (Phi) is 3.69. The molecule has 4 rings (SSSR count). The molecule has 0 saturated heterocycles. The van der Waals surface area contributed by atoms with Gasteiger partial charge < -0.3 is 4.90 Å². The average Bonchev–Trinajstić information content (AvgIpc) is 3.10. The molecule has 0 unspecified atom stereocenters. The fraction of sp³-hybridized carbons (Fsp3) is 0.538. The van der Waals surface area contributed by atoms with Crippen LogP contribution in [-0.4, -0.2) is 65.3 Å². The van der Waals surface area contributed by atoms with Crippen LogP contribution in [-0.2, 0) is 6.54 Å². The largest absolute Gasteiger partial charge is 0.308 e. The number of tetrazole rings is 1. The molecule has 1 fully saturated rings. The summed E-state index contributed by atoms with van der Waals surface area (Å²) in [6, 6.07) is 2.08. The second-order valence-corrected chi connectivity index (χ2v) is 6.84. The zero-order valence-corrected chi connectivity index (χ0v) is 13.8. The highest BCUT2D eigenvalue weighted by molar-refractivity contribution is 7.99. The number of aromatic nitrogens is 8. The lowest BCUT2D eigenvalue weighted by Crippen LogP contribution is -2.19. The van der Waals surface area contributed by atoms with Crippen LogP contribution in [0.1, 0.15) is 24.5 Å². The van der Waals surface area contributed by atoms with Crippen molar-refractivity contribution in [3.63, 3.8) is 0 Å². The Labute approximate surface area is 137 Å². The maximum absolute atomic E-state index is 4.58. The van der Waals surface area contributed by atoms with Crippen molar-refractivity contribution in [3.05, 3.63) is 18.1 Å². The van der Waals surface area contributed by atoms with Gasteiger partial charge in [-0.15, -0.1) is 5.10 Å². The molecule has 1 saturated carbocycles. The van der Waals surface area contributed by atoms with Crippen molar-refractivity contribution in [3.8, 4) is 0 Å². The van der Waals surface area contributed by atoms with Gasteiger partial charge in [0.2, 0.25) is 5.16 Å². The first-order chi connectivity index (χ1) is 11.2. The molecule has 0 bridgehead atoms. The number of hydrogen-bond acceptors (Lipinski definition) is 8. The molecule has 120 valence electrons. The fourth-order valence-electron chi connectivity index (χ4n) is 2.26. The van der Waals surface area contributed by atoms with Crippen molar-refractivity contribution in [2.45, 2.75) is 35.5 Å². The van der Waals surface area contributed by atoms with Crippen LogP contribution in [0, 0.1) is 0 Å². The summed E-state index contributed by atoms with van der Waals surface area (Å²) in [5.74, 6) is 1.19.